The fourth-order valence-corrected chi connectivity index (χ4v) is 4.00. The molecule has 0 atom stereocenters. The van der Waals surface area contributed by atoms with Gasteiger partial charge in [0.15, 0.2) is 0 Å². The maximum Gasteiger partial charge on any atom is 0.0648 e. The maximum absolute atomic E-state index is 5.78. The summed E-state index contributed by atoms with van der Waals surface area (Å²) in [5.41, 5.74) is 0. The van der Waals surface area contributed by atoms with Crippen LogP contribution in [0.5, 0.6) is 0 Å². The second-order valence-electron chi connectivity index (χ2n) is 6.35. The Morgan fingerprint density at radius 2 is 1.50 bits per heavy atom. The smallest absolute Gasteiger partial charge is 0.0648 e. The molecular weight excluding hydrogens is 220 g/mol. The fourth-order valence-electron chi connectivity index (χ4n) is 4.00. The van der Waals surface area contributed by atoms with Gasteiger partial charge in [0.1, 0.15) is 0 Å². The van der Waals surface area contributed by atoms with E-state index in [2.05, 4.69) is 13.5 Å². The molecule has 0 aromatic carbocycles. The fraction of sp³-hybridized carbons (Fsp3) is 0.882. The molecule has 0 aromatic heterocycles. The summed E-state index contributed by atoms with van der Waals surface area (Å²) < 4.78 is 5.78. The lowest BCUT2D eigenvalue weighted by atomic mass is 9.70. The molecule has 0 aromatic rings. The molecule has 2 aliphatic rings. The maximum atomic E-state index is 5.78. The first-order valence-electron chi connectivity index (χ1n) is 8.06. The van der Waals surface area contributed by atoms with Crippen LogP contribution in [-0.4, -0.2) is 12.7 Å². The predicted octanol–water partition coefficient (Wildman–Crippen LogP) is 4.96. The van der Waals surface area contributed by atoms with Crippen LogP contribution in [0.3, 0.4) is 0 Å². The van der Waals surface area contributed by atoms with Gasteiger partial charge in [0.25, 0.3) is 0 Å². The molecule has 2 fully saturated rings. The summed E-state index contributed by atoms with van der Waals surface area (Å²) in [5, 5.41) is 0. The molecule has 0 unspecified atom stereocenters. The van der Waals surface area contributed by atoms with Crippen LogP contribution in [0.2, 0.25) is 0 Å². The molecule has 2 saturated carbocycles. The largest absolute Gasteiger partial charge is 0.374 e. The van der Waals surface area contributed by atoms with Crippen molar-refractivity contribution in [3.8, 4) is 0 Å². The van der Waals surface area contributed by atoms with Gasteiger partial charge >= 0.3 is 0 Å². The molecule has 0 bridgehead atoms. The van der Waals surface area contributed by atoms with Gasteiger partial charge in [-0.25, -0.2) is 0 Å². The highest BCUT2D eigenvalue weighted by Crippen LogP contribution is 2.41. The zero-order chi connectivity index (χ0) is 12.8. The highest BCUT2D eigenvalue weighted by molar-refractivity contribution is 4.82. The first-order chi connectivity index (χ1) is 8.83. The zero-order valence-electron chi connectivity index (χ0n) is 12.1. The molecule has 1 heteroatoms. The van der Waals surface area contributed by atoms with E-state index in [1.54, 1.807) is 0 Å². The highest BCUT2D eigenvalue weighted by Gasteiger charge is 2.30. The van der Waals surface area contributed by atoms with Gasteiger partial charge in [0, 0.05) is 0 Å². The molecule has 1 nitrogen and oxygen atoms in total. The Labute approximate surface area is 113 Å². The van der Waals surface area contributed by atoms with E-state index in [1.165, 1.54) is 57.8 Å². The van der Waals surface area contributed by atoms with Crippen LogP contribution in [-0.2, 0) is 4.74 Å². The standard InChI is InChI=1S/C17H30O/c1-3-13-18-17-11-9-16(10-12-17)15-7-5-14(4-2)6-8-15/h3,14-17H,1,4-13H2,2H3/t14-,15-,16-,17-. The van der Waals surface area contributed by atoms with Crippen LogP contribution >= 0.6 is 0 Å². The first kappa shape index (κ1) is 14.1. The molecule has 2 rings (SSSR count). The van der Waals surface area contributed by atoms with Gasteiger partial charge in [-0.15, -0.1) is 6.58 Å². The van der Waals surface area contributed by atoms with Crippen molar-refractivity contribution >= 4 is 0 Å². The van der Waals surface area contributed by atoms with Gasteiger partial charge in [-0.1, -0.05) is 32.3 Å². The van der Waals surface area contributed by atoms with Crippen molar-refractivity contribution in [3.05, 3.63) is 12.7 Å². The van der Waals surface area contributed by atoms with E-state index in [0.717, 1.165) is 24.4 Å². The minimum atomic E-state index is 0.520. The molecule has 0 saturated heterocycles. The molecule has 104 valence electrons. The van der Waals surface area contributed by atoms with Crippen molar-refractivity contribution in [2.45, 2.75) is 70.8 Å². The van der Waals surface area contributed by atoms with Crippen molar-refractivity contribution in [3.63, 3.8) is 0 Å². The Morgan fingerprint density at radius 1 is 0.944 bits per heavy atom. The summed E-state index contributed by atoms with van der Waals surface area (Å²) in [6.07, 6.45) is 15.2. The minimum Gasteiger partial charge on any atom is -0.374 e. The SMILES string of the molecule is C=CCO[C@H]1CC[C@H]([C@H]2CC[C@H](CC)CC2)CC1. The van der Waals surface area contributed by atoms with Gasteiger partial charge < -0.3 is 4.74 Å². The Balaban J connectivity index is 1.68. The Morgan fingerprint density at radius 3 is 2.00 bits per heavy atom. The number of hydrogen-bond donors (Lipinski definition) is 0. The molecular formula is C17H30O. The zero-order valence-corrected chi connectivity index (χ0v) is 12.1. The van der Waals surface area contributed by atoms with Gasteiger partial charge in [-0.2, -0.15) is 0 Å². The van der Waals surface area contributed by atoms with Crippen LogP contribution < -0.4 is 0 Å². The number of hydrogen-bond acceptors (Lipinski definition) is 1. The second kappa shape index (κ2) is 7.33. The van der Waals surface area contributed by atoms with E-state index in [1.807, 2.05) is 6.08 Å². The lowest BCUT2D eigenvalue weighted by Crippen LogP contribution is -2.28. The lowest BCUT2D eigenvalue weighted by molar-refractivity contribution is 0.0212. The summed E-state index contributed by atoms with van der Waals surface area (Å²) in [7, 11) is 0. The molecule has 0 amide bonds. The first-order valence-corrected chi connectivity index (χ1v) is 8.06. The third-order valence-electron chi connectivity index (χ3n) is 5.30. The van der Waals surface area contributed by atoms with E-state index in [-0.39, 0.29) is 0 Å². The van der Waals surface area contributed by atoms with Crippen LogP contribution in [0.15, 0.2) is 12.7 Å². The summed E-state index contributed by atoms with van der Waals surface area (Å²) >= 11 is 0. The van der Waals surface area contributed by atoms with Crippen molar-refractivity contribution in [2.24, 2.45) is 17.8 Å². The Hall–Kier alpha value is -0.300. The van der Waals surface area contributed by atoms with E-state index >= 15 is 0 Å². The molecule has 0 spiro atoms. The van der Waals surface area contributed by atoms with Crippen LogP contribution in [0.25, 0.3) is 0 Å². The van der Waals surface area contributed by atoms with E-state index < -0.39 is 0 Å². The summed E-state index contributed by atoms with van der Waals surface area (Å²) in [5.74, 6) is 3.08. The monoisotopic (exact) mass is 250 g/mol. The Bertz CT molecular complexity index is 232. The van der Waals surface area contributed by atoms with E-state index in [4.69, 9.17) is 4.74 Å². The molecule has 0 radical (unpaired) electrons. The topological polar surface area (TPSA) is 9.23 Å². The van der Waals surface area contributed by atoms with E-state index in [9.17, 15) is 0 Å². The number of rotatable bonds is 5. The average molecular weight is 250 g/mol. The van der Waals surface area contributed by atoms with Crippen molar-refractivity contribution in [2.75, 3.05) is 6.61 Å². The van der Waals surface area contributed by atoms with Crippen molar-refractivity contribution in [1.29, 1.82) is 0 Å². The van der Waals surface area contributed by atoms with Gasteiger partial charge in [-0.05, 0) is 56.3 Å². The molecule has 0 heterocycles. The second-order valence-corrected chi connectivity index (χ2v) is 6.35. The van der Waals surface area contributed by atoms with Gasteiger partial charge in [0.05, 0.1) is 12.7 Å². The highest BCUT2D eigenvalue weighted by atomic mass is 16.5. The number of ether oxygens (including phenoxy) is 1. The van der Waals surface area contributed by atoms with Crippen molar-refractivity contribution in [1.82, 2.24) is 0 Å². The summed E-state index contributed by atoms with van der Waals surface area (Å²) in [6, 6.07) is 0. The third-order valence-corrected chi connectivity index (χ3v) is 5.30. The quantitative estimate of drug-likeness (QED) is 0.626. The normalized spacial score (nSPS) is 37.4. The summed E-state index contributed by atoms with van der Waals surface area (Å²) in [4.78, 5) is 0. The average Bonchev–Trinajstić information content (AvgIpc) is 2.46. The van der Waals surface area contributed by atoms with Gasteiger partial charge in [-0.3, -0.25) is 0 Å². The molecule has 0 N–H and O–H groups in total. The predicted molar refractivity (Wildman–Crippen MR) is 77.6 cm³/mol. The Kier molecular flexibility index (Phi) is 5.75. The van der Waals surface area contributed by atoms with Crippen LogP contribution in [0.4, 0.5) is 0 Å². The van der Waals surface area contributed by atoms with E-state index in [0.29, 0.717) is 6.10 Å². The lowest BCUT2D eigenvalue weighted by Gasteiger charge is -2.37. The summed E-state index contributed by atoms with van der Waals surface area (Å²) in [6.45, 7) is 6.81. The third kappa shape index (κ3) is 3.85. The minimum absolute atomic E-state index is 0.520. The van der Waals surface area contributed by atoms with Gasteiger partial charge in [0.2, 0.25) is 0 Å². The molecule has 18 heavy (non-hydrogen) atoms. The van der Waals surface area contributed by atoms with Crippen LogP contribution in [0, 0.1) is 17.8 Å². The van der Waals surface area contributed by atoms with Crippen molar-refractivity contribution < 1.29 is 4.74 Å². The molecule has 0 aliphatic heterocycles. The molecule has 2 aliphatic carbocycles. The van der Waals surface area contributed by atoms with Crippen LogP contribution in [0.1, 0.15) is 64.7 Å².